The summed E-state index contributed by atoms with van der Waals surface area (Å²) in [6, 6.07) is 0. The minimum absolute atomic E-state index is 0.00741. The van der Waals surface area contributed by atoms with Gasteiger partial charge in [-0.05, 0) is 81.1 Å². The lowest BCUT2D eigenvalue weighted by Gasteiger charge is -2.58. The third-order valence-electron chi connectivity index (χ3n) is 8.60. The second-order valence-corrected chi connectivity index (χ2v) is 9.83. The molecular weight excluding hydrogens is 340 g/mol. The maximum atomic E-state index is 12.8. The fourth-order valence-electron chi connectivity index (χ4n) is 7.81. The SMILES string of the molecule is CC(=O)O[C@]1(C(C)=O)CC[C@H]2[C@@H]3CCC4=CC(=O)CCC4[C@H]3[C@@H](C)C[C@@]21C. The summed E-state index contributed by atoms with van der Waals surface area (Å²) in [7, 11) is 0. The minimum Gasteiger partial charge on any atom is -0.451 e. The Morgan fingerprint density at radius 3 is 2.56 bits per heavy atom. The minimum atomic E-state index is -0.957. The molecule has 0 heterocycles. The smallest absolute Gasteiger partial charge is 0.303 e. The lowest BCUT2D eigenvalue weighted by atomic mass is 9.47. The van der Waals surface area contributed by atoms with Gasteiger partial charge in [0, 0.05) is 18.8 Å². The molecule has 1 unspecified atom stereocenters. The van der Waals surface area contributed by atoms with Gasteiger partial charge in [-0.1, -0.05) is 19.4 Å². The molecule has 0 aromatic rings. The molecule has 4 rings (SSSR count). The molecule has 0 radical (unpaired) electrons. The molecule has 0 amide bonds. The van der Waals surface area contributed by atoms with Crippen molar-refractivity contribution in [2.24, 2.45) is 35.0 Å². The number of carbonyl (C=O) groups excluding carboxylic acids is 3. The van der Waals surface area contributed by atoms with E-state index in [1.165, 1.54) is 12.5 Å². The van der Waals surface area contributed by atoms with E-state index >= 15 is 0 Å². The van der Waals surface area contributed by atoms with Gasteiger partial charge in [-0.3, -0.25) is 14.4 Å². The van der Waals surface area contributed by atoms with Gasteiger partial charge in [0.15, 0.2) is 17.2 Å². The fourth-order valence-corrected chi connectivity index (χ4v) is 7.81. The quantitative estimate of drug-likeness (QED) is 0.679. The van der Waals surface area contributed by atoms with Crippen molar-refractivity contribution in [3.05, 3.63) is 11.6 Å². The molecule has 0 aromatic heterocycles. The van der Waals surface area contributed by atoms with Gasteiger partial charge in [-0.15, -0.1) is 0 Å². The first-order chi connectivity index (χ1) is 12.7. The summed E-state index contributed by atoms with van der Waals surface area (Å²) in [6.07, 6.45) is 8.24. The molecule has 0 saturated heterocycles. The van der Waals surface area contributed by atoms with Crippen LogP contribution < -0.4 is 0 Å². The number of ketones is 2. The number of hydrogen-bond donors (Lipinski definition) is 0. The van der Waals surface area contributed by atoms with Crippen molar-refractivity contribution >= 4 is 17.5 Å². The second kappa shape index (κ2) is 6.28. The van der Waals surface area contributed by atoms with Crippen molar-refractivity contribution in [3.63, 3.8) is 0 Å². The lowest BCUT2D eigenvalue weighted by molar-refractivity contribution is -0.189. The van der Waals surface area contributed by atoms with E-state index in [0.29, 0.717) is 48.2 Å². The van der Waals surface area contributed by atoms with Crippen LogP contribution in [0.4, 0.5) is 0 Å². The number of carbonyl (C=O) groups is 3. The third-order valence-corrected chi connectivity index (χ3v) is 8.60. The highest BCUT2D eigenvalue weighted by molar-refractivity contribution is 5.91. The Labute approximate surface area is 162 Å². The van der Waals surface area contributed by atoms with Crippen LogP contribution in [0, 0.1) is 35.0 Å². The molecule has 3 saturated carbocycles. The van der Waals surface area contributed by atoms with Crippen LogP contribution in [0.2, 0.25) is 0 Å². The predicted molar refractivity (Wildman–Crippen MR) is 102 cm³/mol. The first-order valence-corrected chi connectivity index (χ1v) is 10.6. The van der Waals surface area contributed by atoms with Crippen LogP contribution in [0.5, 0.6) is 0 Å². The van der Waals surface area contributed by atoms with Crippen LogP contribution in [0.3, 0.4) is 0 Å². The Balaban J connectivity index is 1.71. The van der Waals surface area contributed by atoms with E-state index in [0.717, 1.165) is 32.1 Å². The summed E-state index contributed by atoms with van der Waals surface area (Å²) in [5.74, 6) is 2.52. The molecule has 27 heavy (non-hydrogen) atoms. The number of hydrogen-bond acceptors (Lipinski definition) is 4. The van der Waals surface area contributed by atoms with E-state index in [1.807, 2.05) is 6.08 Å². The van der Waals surface area contributed by atoms with Crippen LogP contribution in [0.15, 0.2) is 11.6 Å². The zero-order valence-electron chi connectivity index (χ0n) is 17.0. The number of esters is 1. The first kappa shape index (κ1) is 18.9. The lowest BCUT2D eigenvalue weighted by Crippen LogP contribution is -2.59. The van der Waals surface area contributed by atoms with Gasteiger partial charge in [0.25, 0.3) is 0 Å². The molecule has 0 aliphatic heterocycles. The van der Waals surface area contributed by atoms with Crippen molar-refractivity contribution in [2.45, 2.75) is 78.2 Å². The second-order valence-electron chi connectivity index (χ2n) is 9.83. The van der Waals surface area contributed by atoms with E-state index in [-0.39, 0.29) is 17.2 Å². The number of ether oxygens (including phenoxy) is 1. The molecule has 0 N–H and O–H groups in total. The van der Waals surface area contributed by atoms with Gasteiger partial charge in [0.05, 0.1) is 0 Å². The molecule has 0 aromatic carbocycles. The Bertz CT molecular complexity index is 722. The normalized spacial score (nSPS) is 46.0. The van der Waals surface area contributed by atoms with Gasteiger partial charge >= 0.3 is 5.97 Å². The van der Waals surface area contributed by atoms with E-state index < -0.39 is 5.60 Å². The van der Waals surface area contributed by atoms with Gasteiger partial charge < -0.3 is 4.74 Å². The summed E-state index contributed by atoms with van der Waals surface area (Å²) in [4.78, 5) is 36.6. The summed E-state index contributed by atoms with van der Waals surface area (Å²) in [6.45, 7) is 7.54. The van der Waals surface area contributed by atoms with Crippen molar-refractivity contribution < 1.29 is 19.1 Å². The van der Waals surface area contributed by atoms with E-state index in [9.17, 15) is 14.4 Å². The van der Waals surface area contributed by atoms with Crippen molar-refractivity contribution in [1.82, 2.24) is 0 Å². The van der Waals surface area contributed by atoms with Gasteiger partial charge in [0.1, 0.15) is 0 Å². The predicted octanol–water partition coefficient (Wildman–Crippen LogP) is 4.27. The van der Waals surface area contributed by atoms with Crippen LogP contribution >= 0.6 is 0 Å². The molecule has 4 heteroatoms. The molecule has 4 nitrogen and oxygen atoms in total. The fraction of sp³-hybridized carbons (Fsp3) is 0.783. The summed E-state index contributed by atoms with van der Waals surface area (Å²) in [5.41, 5.74) is 0.136. The van der Waals surface area contributed by atoms with Gasteiger partial charge in [0.2, 0.25) is 0 Å². The summed E-state index contributed by atoms with van der Waals surface area (Å²) < 4.78 is 5.84. The largest absolute Gasteiger partial charge is 0.451 e. The zero-order chi connectivity index (χ0) is 19.6. The average molecular weight is 373 g/mol. The summed E-state index contributed by atoms with van der Waals surface area (Å²) in [5, 5.41) is 0. The third kappa shape index (κ3) is 2.58. The zero-order valence-corrected chi connectivity index (χ0v) is 17.0. The van der Waals surface area contributed by atoms with Crippen molar-refractivity contribution in [3.8, 4) is 0 Å². The van der Waals surface area contributed by atoms with Gasteiger partial charge in [-0.25, -0.2) is 0 Å². The Morgan fingerprint density at radius 1 is 1.15 bits per heavy atom. The summed E-state index contributed by atoms with van der Waals surface area (Å²) >= 11 is 0. The monoisotopic (exact) mass is 372 g/mol. The molecule has 3 fully saturated rings. The molecule has 0 spiro atoms. The number of rotatable bonds is 2. The Hall–Kier alpha value is -1.45. The maximum Gasteiger partial charge on any atom is 0.303 e. The topological polar surface area (TPSA) is 60.4 Å². The Morgan fingerprint density at radius 2 is 1.89 bits per heavy atom. The molecule has 4 aliphatic carbocycles. The van der Waals surface area contributed by atoms with Crippen LogP contribution in [0.25, 0.3) is 0 Å². The van der Waals surface area contributed by atoms with Crippen molar-refractivity contribution in [2.75, 3.05) is 0 Å². The number of allylic oxidation sites excluding steroid dienone is 1. The van der Waals surface area contributed by atoms with Gasteiger partial charge in [-0.2, -0.15) is 0 Å². The first-order valence-electron chi connectivity index (χ1n) is 10.6. The standard InChI is InChI=1S/C23H32O4/c1-13-12-22(4)20(9-10-23(22,14(2)24)27-15(3)25)19-7-5-16-11-17(26)6-8-18(16)21(13)19/h11,13,18-21H,5-10,12H2,1-4H3/t13-,18?,19-,20-,21+,22-,23-/m0/s1. The molecule has 4 aliphatic rings. The van der Waals surface area contributed by atoms with E-state index in [4.69, 9.17) is 4.74 Å². The molecule has 0 bridgehead atoms. The van der Waals surface area contributed by atoms with Crippen molar-refractivity contribution in [1.29, 1.82) is 0 Å². The van der Waals surface area contributed by atoms with Crippen LogP contribution in [-0.4, -0.2) is 23.1 Å². The maximum absolute atomic E-state index is 12.8. The highest BCUT2D eigenvalue weighted by Crippen LogP contribution is 2.67. The van der Waals surface area contributed by atoms with Crippen LogP contribution in [-0.2, 0) is 19.1 Å². The molecule has 148 valence electrons. The average Bonchev–Trinajstić information content (AvgIpc) is 2.87. The molecular formula is C23H32O4. The Kier molecular flexibility index (Phi) is 4.40. The highest BCUT2D eigenvalue weighted by Gasteiger charge is 2.67. The van der Waals surface area contributed by atoms with Crippen LogP contribution in [0.1, 0.15) is 72.6 Å². The number of fused-ring (bicyclic) bond motifs is 5. The van der Waals surface area contributed by atoms with E-state index in [2.05, 4.69) is 13.8 Å². The molecule has 7 atom stereocenters. The van der Waals surface area contributed by atoms with E-state index in [1.54, 1.807) is 6.92 Å². The number of Topliss-reactive ketones (excluding diaryl/α,β-unsaturated/α-hetero) is 1. The highest BCUT2D eigenvalue weighted by atomic mass is 16.6.